The van der Waals surface area contributed by atoms with Crippen molar-refractivity contribution in [1.82, 2.24) is 10.2 Å². The minimum atomic E-state index is -0.807. The average molecular weight is 472 g/mol. The number of ether oxygens (including phenoxy) is 1. The van der Waals surface area contributed by atoms with Crippen molar-refractivity contribution in [2.45, 2.75) is 19.3 Å². The van der Waals surface area contributed by atoms with Gasteiger partial charge in [0.25, 0.3) is 5.69 Å². The summed E-state index contributed by atoms with van der Waals surface area (Å²) in [6.07, 6.45) is 1.26. The third-order valence-electron chi connectivity index (χ3n) is 5.95. The zero-order valence-corrected chi connectivity index (χ0v) is 18.6. The number of nitrogens with zero attached hydrogens (tertiary/aromatic N) is 4. The van der Waals surface area contributed by atoms with Gasteiger partial charge in [-0.3, -0.25) is 14.9 Å². The van der Waals surface area contributed by atoms with Crippen LogP contribution in [0, 0.1) is 16.0 Å². The number of aliphatic carboxylic acids is 1. The Morgan fingerprint density at radius 1 is 1.30 bits per heavy atom. The number of nitrogens with two attached hydrogens (primary N) is 1. The second-order valence-electron chi connectivity index (χ2n) is 7.89. The van der Waals surface area contributed by atoms with Crippen LogP contribution in [0.5, 0.6) is 5.75 Å². The first-order valence-corrected chi connectivity index (χ1v) is 10.7. The molecule has 3 N–H and O–H groups in total. The maximum Gasteiger partial charge on any atom is 0.306 e. The molecular formula is C22H22ClN5O5. The van der Waals surface area contributed by atoms with Crippen LogP contribution < -0.4 is 15.4 Å². The molecule has 3 aromatic rings. The minimum absolute atomic E-state index is 0.0173. The third-order valence-corrected chi connectivity index (χ3v) is 6.24. The second-order valence-corrected chi connectivity index (χ2v) is 8.30. The summed E-state index contributed by atoms with van der Waals surface area (Å²) in [6.45, 7) is 0.982. The van der Waals surface area contributed by atoms with Crippen molar-refractivity contribution in [2.24, 2.45) is 5.92 Å². The lowest BCUT2D eigenvalue weighted by Gasteiger charge is -2.31. The zero-order chi connectivity index (χ0) is 23.7. The van der Waals surface area contributed by atoms with Crippen LogP contribution in [0.4, 0.5) is 17.2 Å². The number of fused-ring (bicyclic) bond motifs is 1. The van der Waals surface area contributed by atoms with E-state index in [1.54, 1.807) is 18.2 Å². The first-order valence-electron chi connectivity index (χ1n) is 10.3. The summed E-state index contributed by atoms with van der Waals surface area (Å²) in [7, 11) is 1.53. The smallest absolute Gasteiger partial charge is 0.306 e. The summed E-state index contributed by atoms with van der Waals surface area (Å²) < 4.78 is 5.19. The predicted molar refractivity (Wildman–Crippen MR) is 124 cm³/mol. The number of nitro groups is 1. The normalized spacial score (nSPS) is 14.4. The maximum absolute atomic E-state index is 11.5. The number of carboxylic acid groups (broad SMARTS) is 1. The van der Waals surface area contributed by atoms with Crippen LogP contribution >= 0.6 is 11.6 Å². The molecule has 172 valence electrons. The van der Waals surface area contributed by atoms with Crippen LogP contribution in [0.3, 0.4) is 0 Å². The number of aromatic nitrogens is 2. The van der Waals surface area contributed by atoms with Crippen molar-refractivity contribution >= 4 is 45.5 Å². The van der Waals surface area contributed by atoms with Gasteiger partial charge in [-0.25, -0.2) is 0 Å². The molecule has 0 unspecified atom stereocenters. The van der Waals surface area contributed by atoms with Gasteiger partial charge in [0.05, 0.1) is 28.7 Å². The van der Waals surface area contributed by atoms with E-state index in [1.807, 2.05) is 11.0 Å². The SMILES string of the molecule is COc1ccc(Cc2nnc(N3CCC(C(=O)O)CC3)c3ccc([N+](=O)[O-])c(N)c23)cc1Cl. The Morgan fingerprint density at radius 3 is 2.64 bits per heavy atom. The van der Waals surface area contributed by atoms with E-state index in [1.165, 1.54) is 13.2 Å². The highest BCUT2D eigenvalue weighted by atomic mass is 35.5. The quantitative estimate of drug-likeness (QED) is 0.312. The van der Waals surface area contributed by atoms with E-state index in [4.69, 9.17) is 22.1 Å². The first-order chi connectivity index (χ1) is 15.8. The Labute approximate surface area is 194 Å². The van der Waals surface area contributed by atoms with Gasteiger partial charge in [0.15, 0.2) is 5.82 Å². The molecule has 11 heteroatoms. The number of piperidine rings is 1. The Bertz CT molecular complexity index is 1240. The summed E-state index contributed by atoms with van der Waals surface area (Å²) in [6, 6.07) is 8.30. The van der Waals surface area contributed by atoms with Gasteiger partial charge in [0.1, 0.15) is 11.4 Å². The summed E-state index contributed by atoms with van der Waals surface area (Å²) in [4.78, 5) is 24.2. The molecule has 0 aliphatic carbocycles. The Morgan fingerprint density at radius 2 is 2.03 bits per heavy atom. The lowest BCUT2D eigenvalue weighted by atomic mass is 9.96. The van der Waals surface area contributed by atoms with Crippen molar-refractivity contribution in [2.75, 3.05) is 30.8 Å². The lowest BCUT2D eigenvalue weighted by Crippen LogP contribution is -2.37. The van der Waals surface area contributed by atoms with Gasteiger partial charge in [0, 0.05) is 36.3 Å². The molecular weight excluding hydrogens is 450 g/mol. The van der Waals surface area contributed by atoms with Gasteiger partial charge >= 0.3 is 5.97 Å². The van der Waals surface area contributed by atoms with Crippen LogP contribution in [0.25, 0.3) is 10.8 Å². The fourth-order valence-corrected chi connectivity index (χ4v) is 4.47. The van der Waals surface area contributed by atoms with Crippen LogP contribution in [0.1, 0.15) is 24.1 Å². The van der Waals surface area contributed by atoms with Crippen LogP contribution in [0.2, 0.25) is 5.02 Å². The number of hydrogen-bond acceptors (Lipinski definition) is 8. The summed E-state index contributed by atoms with van der Waals surface area (Å²) in [5.41, 5.74) is 7.37. The number of carbonyl (C=O) groups is 1. The van der Waals surface area contributed by atoms with Crippen LogP contribution in [0.15, 0.2) is 30.3 Å². The van der Waals surface area contributed by atoms with Gasteiger partial charge in [-0.15, -0.1) is 5.10 Å². The van der Waals surface area contributed by atoms with Crippen LogP contribution in [-0.2, 0) is 11.2 Å². The van der Waals surface area contributed by atoms with E-state index in [-0.39, 0.29) is 11.4 Å². The monoisotopic (exact) mass is 471 g/mol. The van der Waals surface area contributed by atoms with Gasteiger partial charge in [-0.2, -0.15) is 5.10 Å². The van der Waals surface area contributed by atoms with E-state index in [0.29, 0.717) is 65.4 Å². The Hall–Kier alpha value is -3.66. The predicted octanol–water partition coefficient (Wildman–Crippen LogP) is 3.67. The van der Waals surface area contributed by atoms with Crippen molar-refractivity contribution in [3.63, 3.8) is 0 Å². The zero-order valence-electron chi connectivity index (χ0n) is 17.8. The Balaban J connectivity index is 1.79. The number of halogens is 1. The highest BCUT2D eigenvalue weighted by Gasteiger charge is 2.28. The molecule has 0 saturated carbocycles. The van der Waals surface area contributed by atoms with Crippen molar-refractivity contribution in [3.05, 3.63) is 56.7 Å². The first kappa shape index (κ1) is 22.5. The van der Waals surface area contributed by atoms with Crippen molar-refractivity contribution in [1.29, 1.82) is 0 Å². The molecule has 1 aliphatic heterocycles. The second kappa shape index (κ2) is 9.07. The number of hydrogen-bond donors (Lipinski definition) is 2. The molecule has 33 heavy (non-hydrogen) atoms. The van der Waals surface area contributed by atoms with Gasteiger partial charge < -0.3 is 20.5 Å². The lowest BCUT2D eigenvalue weighted by molar-refractivity contribution is -0.383. The molecule has 0 bridgehead atoms. The van der Waals surface area contributed by atoms with Crippen molar-refractivity contribution < 1.29 is 19.6 Å². The highest BCUT2D eigenvalue weighted by Crippen LogP contribution is 2.38. The number of carboxylic acids is 1. The van der Waals surface area contributed by atoms with E-state index < -0.39 is 16.8 Å². The maximum atomic E-state index is 11.5. The fraction of sp³-hybridized carbons (Fsp3) is 0.318. The number of nitro benzene ring substituents is 1. The van der Waals surface area contributed by atoms with E-state index in [9.17, 15) is 20.0 Å². The summed E-state index contributed by atoms with van der Waals surface area (Å²) in [5.74, 6) is -0.136. The molecule has 0 atom stereocenters. The number of benzene rings is 2. The molecule has 4 rings (SSSR count). The molecule has 1 fully saturated rings. The van der Waals surface area contributed by atoms with Crippen LogP contribution in [-0.4, -0.2) is 46.4 Å². The molecule has 2 heterocycles. The standard InChI is InChI=1S/C22H22ClN5O5/c1-33-18-5-2-12(10-15(18)23)11-16-19-14(3-4-17(20(19)24)28(31)32)21(26-25-16)27-8-6-13(7-9-27)22(29)30/h2-5,10,13H,6-9,11,24H2,1H3,(H,29,30). The summed E-state index contributed by atoms with van der Waals surface area (Å²) in [5, 5.41) is 31.1. The molecule has 0 radical (unpaired) electrons. The van der Waals surface area contributed by atoms with E-state index in [2.05, 4.69) is 10.2 Å². The topological polar surface area (TPSA) is 145 Å². The highest BCUT2D eigenvalue weighted by molar-refractivity contribution is 6.32. The Kier molecular flexibility index (Phi) is 6.19. The number of anilines is 2. The molecule has 0 spiro atoms. The molecule has 1 aromatic heterocycles. The minimum Gasteiger partial charge on any atom is -0.495 e. The van der Waals surface area contributed by atoms with E-state index >= 15 is 0 Å². The number of nitrogen functional groups attached to an aromatic ring is 1. The van der Waals surface area contributed by atoms with Gasteiger partial charge in [-0.05, 0) is 36.6 Å². The van der Waals surface area contributed by atoms with Gasteiger partial charge in [-0.1, -0.05) is 17.7 Å². The molecule has 1 saturated heterocycles. The largest absolute Gasteiger partial charge is 0.495 e. The van der Waals surface area contributed by atoms with Gasteiger partial charge in [0.2, 0.25) is 0 Å². The summed E-state index contributed by atoms with van der Waals surface area (Å²) >= 11 is 6.25. The molecule has 10 nitrogen and oxygen atoms in total. The number of methoxy groups -OCH3 is 1. The molecule has 0 amide bonds. The van der Waals surface area contributed by atoms with E-state index in [0.717, 1.165) is 5.56 Å². The fourth-order valence-electron chi connectivity index (χ4n) is 4.19. The molecule has 1 aliphatic rings. The molecule has 2 aromatic carbocycles. The third kappa shape index (κ3) is 4.34. The van der Waals surface area contributed by atoms with Crippen molar-refractivity contribution in [3.8, 4) is 5.75 Å². The number of rotatable bonds is 6. The average Bonchev–Trinajstić information content (AvgIpc) is 2.79.